The zero-order valence-corrected chi connectivity index (χ0v) is 13.5. The van der Waals surface area contributed by atoms with Crippen LogP contribution in [0.25, 0.3) is 0 Å². The number of carbonyl (C=O) groups excluding carboxylic acids is 1. The number of rotatable bonds is 5. The van der Waals surface area contributed by atoms with Crippen LogP contribution in [0.5, 0.6) is 0 Å². The minimum absolute atomic E-state index is 0.115. The fourth-order valence-corrected chi connectivity index (χ4v) is 3.12. The maximum absolute atomic E-state index is 12.3. The van der Waals surface area contributed by atoms with E-state index in [-0.39, 0.29) is 12.5 Å². The summed E-state index contributed by atoms with van der Waals surface area (Å²) in [6, 6.07) is 10.9. The van der Waals surface area contributed by atoms with Crippen LogP contribution >= 0.6 is 22.9 Å². The molecule has 1 aromatic carbocycles. The topological polar surface area (TPSA) is 49.3 Å². The zero-order valence-electron chi connectivity index (χ0n) is 12.0. The maximum Gasteiger partial charge on any atom is 0.231 e. The molecule has 5 heteroatoms. The summed E-state index contributed by atoms with van der Waals surface area (Å²) >= 11 is 7.58. The molecule has 1 heterocycles. The predicted molar refractivity (Wildman–Crippen MR) is 86.8 cm³/mol. The third kappa shape index (κ3) is 3.64. The molecule has 0 fully saturated rings. The highest BCUT2D eigenvalue weighted by Crippen LogP contribution is 2.28. The molecule has 2 N–H and O–H groups in total. The Morgan fingerprint density at radius 3 is 2.67 bits per heavy atom. The van der Waals surface area contributed by atoms with Gasteiger partial charge in [-0.15, -0.1) is 11.3 Å². The molecular weight excluding hydrogens is 306 g/mol. The number of hydrogen-bond donors (Lipinski definition) is 2. The molecule has 1 amide bonds. The highest BCUT2D eigenvalue weighted by Gasteiger charge is 2.31. The van der Waals surface area contributed by atoms with Crippen LogP contribution in [0.4, 0.5) is 0 Å². The predicted octanol–water partition coefficient (Wildman–Crippen LogP) is 3.53. The Hall–Kier alpha value is -1.36. The van der Waals surface area contributed by atoms with Gasteiger partial charge < -0.3 is 10.4 Å². The average molecular weight is 324 g/mol. The number of benzene rings is 1. The molecule has 2 rings (SSSR count). The van der Waals surface area contributed by atoms with E-state index < -0.39 is 11.5 Å². The quantitative estimate of drug-likeness (QED) is 0.884. The maximum atomic E-state index is 12.3. The number of carbonyl (C=O) groups is 1. The summed E-state index contributed by atoms with van der Waals surface area (Å²) in [5, 5.41) is 15.4. The molecule has 0 saturated carbocycles. The van der Waals surface area contributed by atoms with Crippen LogP contribution < -0.4 is 5.32 Å². The van der Waals surface area contributed by atoms with Crippen molar-refractivity contribution >= 4 is 28.8 Å². The highest BCUT2D eigenvalue weighted by atomic mass is 35.5. The Kier molecular flexibility index (Phi) is 5.04. The van der Waals surface area contributed by atoms with Gasteiger partial charge in [0.05, 0.1) is 11.5 Å². The van der Waals surface area contributed by atoms with Crippen molar-refractivity contribution in [2.75, 3.05) is 6.54 Å². The van der Waals surface area contributed by atoms with Crippen molar-refractivity contribution in [1.82, 2.24) is 5.32 Å². The van der Waals surface area contributed by atoms with E-state index in [9.17, 15) is 9.90 Å². The summed E-state index contributed by atoms with van der Waals surface area (Å²) in [6.07, 6.45) is -0.818. The van der Waals surface area contributed by atoms with Gasteiger partial charge in [0.2, 0.25) is 5.91 Å². The summed E-state index contributed by atoms with van der Waals surface area (Å²) in [7, 11) is 0. The number of nitrogens with one attached hydrogen (secondary N) is 1. The standard InChI is InChI=1S/C16H18ClNO2S/c1-16(2,14-8-5-9-21-14)15(20)18-10-13(19)11-6-3-4-7-12(11)17/h3-9,13,19H,10H2,1-2H3,(H,18,20). The largest absolute Gasteiger partial charge is 0.387 e. The van der Waals surface area contributed by atoms with Crippen LogP contribution in [0, 0.1) is 0 Å². The Morgan fingerprint density at radius 2 is 2.05 bits per heavy atom. The van der Waals surface area contributed by atoms with E-state index in [0.717, 1.165) is 4.88 Å². The van der Waals surface area contributed by atoms with E-state index in [1.165, 1.54) is 0 Å². The van der Waals surface area contributed by atoms with Crippen molar-refractivity contribution in [3.8, 4) is 0 Å². The lowest BCUT2D eigenvalue weighted by molar-refractivity contribution is -0.126. The Labute approximate surface area is 133 Å². The van der Waals surface area contributed by atoms with E-state index in [4.69, 9.17) is 11.6 Å². The molecule has 112 valence electrons. The van der Waals surface area contributed by atoms with Crippen LogP contribution in [0.2, 0.25) is 5.02 Å². The monoisotopic (exact) mass is 323 g/mol. The lowest BCUT2D eigenvalue weighted by atomic mass is 9.90. The molecule has 0 aliphatic rings. The Balaban J connectivity index is 2.00. The van der Waals surface area contributed by atoms with Crippen molar-refractivity contribution in [1.29, 1.82) is 0 Å². The van der Waals surface area contributed by atoms with Crippen molar-refractivity contribution in [2.45, 2.75) is 25.4 Å². The number of aliphatic hydroxyl groups is 1. The zero-order chi connectivity index (χ0) is 15.5. The molecule has 0 saturated heterocycles. The number of thiophene rings is 1. The van der Waals surface area contributed by atoms with E-state index in [1.807, 2.05) is 37.4 Å². The van der Waals surface area contributed by atoms with Gasteiger partial charge >= 0.3 is 0 Å². The van der Waals surface area contributed by atoms with E-state index >= 15 is 0 Å². The van der Waals surface area contributed by atoms with Gasteiger partial charge in [0.25, 0.3) is 0 Å². The SMILES string of the molecule is CC(C)(C(=O)NCC(O)c1ccccc1Cl)c1cccs1. The average Bonchev–Trinajstić information content (AvgIpc) is 2.99. The van der Waals surface area contributed by atoms with Crippen LogP contribution in [-0.4, -0.2) is 17.6 Å². The Bertz CT molecular complexity index is 610. The lowest BCUT2D eigenvalue weighted by Gasteiger charge is -2.23. The van der Waals surface area contributed by atoms with Gasteiger partial charge in [0.15, 0.2) is 0 Å². The first-order valence-corrected chi connectivity index (χ1v) is 7.93. The van der Waals surface area contributed by atoms with Gasteiger partial charge in [0.1, 0.15) is 0 Å². The summed E-state index contributed by atoms with van der Waals surface area (Å²) in [5.74, 6) is -0.115. The van der Waals surface area contributed by atoms with Crippen LogP contribution in [0.1, 0.15) is 30.4 Å². The van der Waals surface area contributed by atoms with Crippen molar-refractivity contribution in [3.63, 3.8) is 0 Å². The molecule has 0 aliphatic heterocycles. The minimum Gasteiger partial charge on any atom is -0.387 e. The van der Waals surface area contributed by atoms with Crippen LogP contribution in [0.3, 0.4) is 0 Å². The Morgan fingerprint density at radius 1 is 1.33 bits per heavy atom. The fourth-order valence-electron chi connectivity index (χ4n) is 2.01. The van der Waals surface area contributed by atoms with Gasteiger partial charge in [-0.25, -0.2) is 0 Å². The second-order valence-corrected chi connectivity index (χ2v) is 6.70. The smallest absolute Gasteiger partial charge is 0.231 e. The molecular formula is C16H18ClNO2S. The first-order chi connectivity index (χ1) is 9.93. The van der Waals surface area contributed by atoms with Gasteiger partial charge in [-0.1, -0.05) is 35.9 Å². The third-order valence-electron chi connectivity index (χ3n) is 3.43. The van der Waals surface area contributed by atoms with Crippen molar-refractivity contribution in [2.24, 2.45) is 0 Å². The summed E-state index contributed by atoms with van der Waals surface area (Å²) in [5.41, 5.74) is 0.00219. The lowest BCUT2D eigenvalue weighted by Crippen LogP contribution is -2.41. The fraction of sp³-hybridized carbons (Fsp3) is 0.312. The summed E-state index contributed by atoms with van der Waals surface area (Å²) in [4.78, 5) is 13.3. The molecule has 2 aromatic rings. The second kappa shape index (κ2) is 6.60. The van der Waals surface area contributed by atoms with Crippen LogP contribution in [0.15, 0.2) is 41.8 Å². The van der Waals surface area contributed by atoms with Crippen LogP contribution in [-0.2, 0) is 10.2 Å². The summed E-state index contributed by atoms with van der Waals surface area (Å²) in [6.45, 7) is 3.88. The first kappa shape index (κ1) is 16.0. The molecule has 3 nitrogen and oxygen atoms in total. The second-order valence-electron chi connectivity index (χ2n) is 5.35. The summed E-state index contributed by atoms with van der Waals surface area (Å²) < 4.78 is 0. The first-order valence-electron chi connectivity index (χ1n) is 6.67. The molecule has 21 heavy (non-hydrogen) atoms. The molecule has 1 unspecified atom stereocenters. The molecule has 0 spiro atoms. The van der Waals surface area contributed by atoms with Gasteiger partial charge in [0, 0.05) is 22.0 Å². The number of amides is 1. The van der Waals surface area contributed by atoms with Gasteiger partial charge in [-0.3, -0.25) is 4.79 Å². The molecule has 1 atom stereocenters. The minimum atomic E-state index is -0.818. The molecule has 1 aromatic heterocycles. The van der Waals surface area contributed by atoms with Gasteiger partial charge in [-0.05, 0) is 31.4 Å². The molecule has 0 aliphatic carbocycles. The normalized spacial score (nSPS) is 13.0. The van der Waals surface area contributed by atoms with E-state index in [1.54, 1.807) is 29.5 Å². The third-order valence-corrected chi connectivity index (χ3v) is 4.96. The number of hydrogen-bond acceptors (Lipinski definition) is 3. The number of halogens is 1. The number of aliphatic hydroxyl groups excluding tert-OH is 1. The van der Waals surface area contributed by atoms with Gasteiger partial charge in [-0.2, -0.15) is 0 Å². The molecule has 0 bridgehead atoms. The van der Waals surface area contributed by atoms with Crippen molar-refractivity contribution in [3.05, 3.63) is 57.2 Å². The van der Waals surface area contributed by atoms with E-state index in [0.29, 0.717) is 10.6 Å². The molecule has 0 radical (unpaired) electrons. The van der Waals surface area contributed by atoms with Crippen molar-refractivity contribution < 1.29 is 9.90 Å². The van der Waals surface area contributed by atoms with E-state index in [2.05, 4.69) is 5.32 Å². The highest BCUT2D eigenvalue weighted by molar-refractivity contribution is 7.10.